The van der Waals surface area contributed by atoms with E-state index in [1.54, 1.807) is 13.0 Å². The quantitative estimate of drug-likeness (QED) is 0.291. The van der Waals surface area contributed by atoms with E-state index in [9.17, 15) is 9.90 Å². The summed E-state index contributed by atoms with van der Waals surface area (Å²) in [7, 11) is 0. The standard InChI is InChI=1S/C11H14BrN3O3/c1-6(4-10(13)15-18)14-11(17)8-5-7(12)2-3-9(8)16/h2-3,5-6,16,18H,4H2,1H3,(H2,13,15)(H,14,17). The molecule has 1 aromatic rings. The average Bonchev–Trinajstić information content (AvgIpc) is 2.31. The van der Waals surface area contributed by atoms with Gasteiger partial charge >= 0.3 is 0 Å². The van der Waals surface area contributed by atoms with E-state index in [4.69, 9.17) is 10.9 Å². The summed E-state index contributed by atoms with van der Waals surface area (Å²) in [5, 5.41) is 23.5. The van der Waals surface area contributed by atoms with Crippen LogP contribution in [0.1, 0.15) is 23.7 Å². The number of phenolic OH excluding ortho intramolecular Hbond substituents is 1. The van der Waals surface area contributed by atoms with Gasteiger partial charge in [-0.2, -0.15) is 0 Å². The second-order valence-corrected chi connectivity index (χ2v) is 4.75. The van der Waals surface area contributed by atoms with E-state index in [-0.39, 0.29) is 29.6 Å². The SMILES string of the molecule is CC(C/C(N)=N/O)NC(=O)c1cc(Br)ccc1O. The van der Waals surface area contributed by atoms with Crippen molar-refractivity contribution in [1.29, 1.82) is 0 Å². The van der Waals surface area contributed by atoms with Gasteiger partial charge in [0.05, 0.1) is 5.56 Å². The van der Waals surface area contributed by atoms with Crippen molar-refractivity contribution in [3.63, 3.8) is 0 Å². The molecule has 0 radical (unpaired) electrons. The summed E-state index contributed by atoms with van der Waals surface area (Å²) >= 11 is 3.22. The van der Waals surface area contributed by atoms with Gasteiger partial charge in [0.25, 0.3) is 5.91 Å². The third kappa shape index (κ3) is 3.92. The first-order chi connectivity index (χ1) is 8.43. The maximum atomic E-state index is 11.9. The molecule has 5 N–H and O–H groups in total. The number of hydrogen-bond acceptors (Lipinski definition) is 4. The van der Waals surface area contributed by atoms with E-state index in [2.05, 4.69) is 26.4 Å². The van der Waals surface area contributed by atoms with E-state index in [1.165, 1.54) is 12.1 Å². The Morgan fingerprint density at radius 3 is 2.89 bits per heavy atom. The Kier molecular flexibility index (Phi) is 4.96. The fourth-order valence-corrected chi connectivity index (χ4v) is 1.76. The van der Waals surface area contributed by atoms with Crippen molar-refractivity contribution < 1.29 is 15.1 Å². The molecule has 0 aromatic heterocycles. The second-order valence-electron chi connectivity index (χ2n) is 3.83. The molecule has 18 heavy (non-hydrogen) atoms. The van der Waals surface area contributed by atoms with Gasteiger partial charge < -0.3 is 21.4 Å². The number of nitrogens with two attached hydrogens (primary N) is 1. The topological polar surface area (TPSA) is 108 Å². The highest BCUT2D eigenvalue weighted by molar-refractivity contribution is 9.10. The van der Waals surface area contributed by atoms with Crippen LogP contribution in [0.2, 0.25) is 0 Å². The summed E-state index contributed by atoms with van der Waals surface area (Å²) in [6, 6.07) is 4.26. The summed E-state index contributed by atoms with van der Waals surface area (Å²) in [4.78, 5) is 11.9. The maximum absolute atomic E-state index is 11.9. The minimum atomic E-state index is -0.424. The first kappa shape index (κ1) is 14.3. The van der Waals surface area contributed by atoms with Crippen LogP contribution in [-0.4, -0.2) is 28.1 Å². The van der Waals surface area contributed by atoms with Crippen LogP contribution in [0.25, 0.3) is 0 Å². The summed E-state index contributed by atoms with van der Waals surface area (Å²) in [5.74, 6) is -0.500. The van der Waals surface area contributed by atoms with E-state index < -0.39 is 5.91 Å². The average molecular weight is 316 g/mol. The van der Waals surface area contributed by atoms with Gasteiger partial charge in [0.15, 0.2) is 0 Å². The number of nitrogens with one attached hydrogen (secondary N) is 1. The van der Waals surface area contributed by atoms with Crippen molar-refractivity contribution in [1.82, 2.24) is 5.32 Å². The molecule has 0 saturated carbocycles. The third-order valence-electron chi connectivity index (χ3n) is 2.22. The highest BCUT2D eigenvalue weighted by Gasteiger charge is 2.14. The van der Waals surface area contributed by atoms with Gasteiger partial charge in [-0.15, -0.1) is 0 Å². The number of amidine groups is 1. The number of aromatic hydroxyl groups is 1. The molecule has 0 saturated heterocycles. The largest absolute Gasteiger partial charge is 0.507 e. The minimum absolute atomic E-state index is 0.0289. The molecule has 98 valence electrons. The number of carbonyl (C=O) groups is 1. The van der Waals surface area contributed by atoms with Crippen LogP contribution >= 0.6 is 15.9 Å². The Balaban J connectivity index is 2.73. The molecule has 6 nitrogen and oxygen atoms in total. The smallest absolute Gasteiger partial charge is 0.255 e. The summed E-state index contributed by atoms with van der Waals surface area (Å²) in [6.07, 6.45) is 0.219. The number of hydrogen-bond donors (Lipinski definition) is 4. The van der Waals surface area contributed by atoms with Crippen molar-refractivity contribution in [3.8, 4) is 5.75 Å². The van der Waals surface area contributed by atoms with Crippen LogP contribution in [0.4, 0.5) is 0 Å². The predicted octanol–water partition coefficient (Wildman–Crippen LogP) is 1.41. The van der Waals surface area contributed by atoms with E-state index >= 15 is 0 Å². The molecule has 0 fully saturated rings. The molecule has 0 spiro atoms. The van der Waals surface area contributed by atoms with Gasteiger partial charge in [0.1, 0.15) is 11.6 Å². The number of carbonyl (C=O) groups excluding carboxylic acids is 1. The number of oxime groups is 1. The molecule has 0 heterocycles. The van der Waals surface area contributed by atoms with Crippen LogP contribution in [-0.2, 0) is 0 Å². The van der Waals surface area contributed by atoms with Gasteiger partial charge in [-0.3, -0.25) is 4.79 Å². The lowest BCUT2D eigenvalue weighted by Crippen LogP contribution is -2.35. The first-order valence-corrected chi connectivity index (χ1v) is 5.99. The second kappa shape index (κ2) is 6.25. The highest BCUT2D eigenvalue weighted by atomic mass is 79.9. The zero-order valence-corrected chi connectivity index (χ0v) is 11.3. The molecule has 1 atom stereocenters. The summed E-state index contributed by atoms with van der Waals surface area (Å²) in [6.45, 7) is 1.71. The molecule has 1 unspecified atom stereocenters. The van der Waals surface area contributed by atoms with Crippen molar-refractivity contribution in [2.75, 3.05) is 0 Å². The van der Waals surface area contributed by atoms with Crippen LogP contribution in [0.5, 0.6) is 5.75 Å². The Morgan fingerprint density at radius 1 is 1.61 bits per heavy atom. The fourth-order valence-electron chi connectivity index (χ4n) is 1.40. The number of benzene rings is 1. The van der Waals surface area contributed by atoms with E-state index in [1.807, 2.05) is 0 Å². The number of rotatable bonds is 4. The molecule has 1 rings (SSSR count). The molecule has 1 aromatic carbocycles. The first-order valence-electron chi connectivity index (χ1n) is 5.19. The number of amides is 1. The molecule has 1 amide bonds. The molecular formula is C11H14BrN3O3. The maximum Gasteiger partial charge on any atom is 0.255 e. The monoisotopic (exact) mass is 315 g/mol. The van der Waals surface area contributed by atoms with Crippen LogP contribution < -0.4 is 11.1 Å². The van der Waals surface area contributed by atoms with Crippen molar-refractivity contribution >= 4 is 27.7 Å². The molecule has 0 bridgehead atoms. The highest BCUT2D eigenvalue weighted by Crippen LogP contribution is 2.21. The fraction of sp³-hybridized carbons (Fsp3) is 0.273. The molecule has 7 heteroatoms. The van der Waals surface area contributed by atoms with Crippen LogP contribution in [0, 0.1) is 0 Å². The van der Waals surface area contributed by atoms with Crippen molar-refractivity contribution in [3.05, 3.63) is 28.2 Å². The molecule has 0 aliphatic rings. The normalized spacial score (nSPS) is 13.1. The lowest BCUT2D eigenvalue weighted by molar-refractivity contribution is 0.0938. The van der Waals surface area contributed by atoms with Crippen molar-refractivity contribution in [2.24, 2.45) is 10.9 Å². The number of nitrogens with zero attached hydrogens (tertiary/aromatic N) is 1. The number of halogens is 1. The summed E-state index contributed by atoms with van der Waals surface area (Å²) < 4.78 is 0.689. The zero-order valence-electron chi connectivity index (χ0n) is 9.72. The van der Waals surface area contributed by atoms with Crippen LogP contribution in [0.15, 0.2) is 27.8 Å². The lowest BCUT2D eigenvalue weighted by atomic mass is 10.1. The Morgan fingerprint density at radius 2 is 2.28 bits per heavy atom. The van der Waals surface area contributed by atoms with Gasteiger partial charge in [0.2, 0.25) is 0 Å². The van der Waals surface area contributed by atoms with Gasteiger partial charge in [-0.25, -0.2) is 0 Å². The Bertz CT molecular complexity index is 477. The van der Waals surface area contributed by atoms with Gasteiger partial charge in [0, 0.05) is 16.9 Å². The predicted molar refractivity (Wildman–Crippen MR) is 70.8 cm³/mol. The van der Waals surface area contributed by atoms with Crippen molar-refractivity contribution in [2.45, 2.75) is 19.4 Å². The van der Waals surface area contributed by atoms with E-state index in [0.29, 0.717) is 4.47 Å². The van der Waals surface area contributed by atoms with Gasteiger partial charge in [-0.1, -0.05) is 21.1 Å². The van der Waals surface area contributed by atoms with Crippen LogP contribution in [0.3, 0.4) is 0 Å². The number of phenols is 1. The molecular weight excluding hydrogens is 302 g/mol. The lowest BCUT2D eigenvalue weighted by Gasteiger charge is -2.13. The Labute approximate surface area is 113 Å². The summed E-state index contributed by atoms with van der Waals surface area (Å²) in [5.41, 5.74) is 5.50. The zero-order chi connectivity index (χ0) is 13.7. The minimum Gasteiger partial charge on any atom is -0.507 e. The molecule has 0 aliphatic carbocycles. The third-order valence-corrected chi connectivity index (χ3v) is 2.72. The van der Waals surface area contributed by atoms with E-state index in [0.717, 1.165) is 0 Å². The molecule has 0 aliphatic heterocycles. The van der Waals surface area contributed by atoms with Gasteiger partial charge in [-0.05, 0) is 25.1 Å². The Hall–Kier alpha value is -1.76.